The minimum absolute atomic E-state index is 0.116. The molecule has 0 aromatic rings. The van der Waals surface area contributed by atoms with Crippen molar-refractivity contribution in [2.45, 2.75) is 45.5 Å². The van der Waals surface area contributed by atoms with Crippen LogP contribution >= 0.6 is 0 Å². The molecule has 0 bridgehead atoms. The van der Waals surface area contributed by atoms with E-state index in [1.807, 2.05) is 20.8 Å². The maximum atomic E-state index is 9.43. The molecule has 0 saturated carbocycles. The Morgan fingerprint density at radius 3 is 1.77 bits per heavy atom. The minimum atomic E-state index is -1.27. The van der Waals surface area contributed by atoms with E-state index in [2.05, 4.69) is 0 Å². The summed E-state index contributed by atoms with van der Waals surface area (Å²) >= 11 is 0. The van der Waals surface area contributed by atoms with Gasteiger partial charge >= 0.3 is 0 Å². The van der Waals surface area contributed by atoms with Crippen LogP contribution in [0, 0.1) is 5.41 Å². The molecule has 0 saturated heterocycles. The third-order valence-electron chi connectivity index (χ3n) is 1.80. The molecule has 0 rings (SSSR count). The van der Waals surface area contributed by atoms with E-state index in [9.17, 15) is 10.2 Å². The topological polar surface area (TPSA) is 80.9 Å². The second kappa shape index (κ2) is 4.91. The van der Waals surface area contributed by atoms with Crippen LogP contribution in [0.1, 0.15) is 27.2 Å². The highest BCUT2D eigenvalue weighted by Crippen LogP contribution is 2.22. The van der Waals surface area contributed by atoms with Gasteiger partial charge in [0.05, 0.1) is 12.7 Å². The van der Waals surface area contributed by atoms with E-state index in [0.717, 1.165) is 0 Å². The van der Waals surface area contributed by atoms with E-state index in [0.29, 0.717) is 6.42 Å². The summed E-state index contributed by atoms with van der Waals surface area (Å²) in [6.07, 6.45) is -3.16. The quantitative estimate of drug-likeness (QED) is 0.484. The highest BCUT2D eigenvalue weighted by molar-refractivity contribution is 4.78. The summed E-state index contributed by atoms with van der Waals surface area (Å²) in [6, 6.07) is 0. The Balaban J connectivity index is 4.03. The minimum Gasteiger partial charge on any atom is -0.394 e. The van der Waals surface area contributed by atoms with Gasteiger partial charge in [-0.05, 0) is 11.8 Å². The maximum Gasteiger partial charge on any atom is 0.108 e. The van der Waals surface area contributed by atoms with Crippen LogP contribution in [0.3, 0.4) is 0 Å². The van der Waals surface area contributed by atoms with E-state index in [1.165, 1.54) is 0 Å². The molecule has 0 aromatic carbocycles. The molecule has 4 nitrogen and oxygen atoms in total. The third kappa shape index (κ3) is 5.21. The van der Waals surface area contributed by atoms with Crippen molar-refractivity contribution in [1.82, 2.24) is 0 Å². The Hall–Kier alpha value is -0.160. The molecule has 0 radical (unpaired) electrons. The maximum absolute atomic E-state index is 9.43. The molecule has 0 spiro atoms. The highest BCUT2D eigenvalue weighted by atomic mass is 16.4. The van der Waals surface area contributed by atoms with Gasteiger partial charge < -0.3 is 20.4 Å². The summed E-state index contributed by atoms with van der Waals surface area (Å²) in [5.41, 5.74) is -0.116. The van der Waals surface area contributed by atoms with Crippen molar-refractivity contribution >= 4 is 0 Å². The molecule has 80 valence electrons. The Morgan fingerprint density at radius 2 is 1.46 bits per heavy atom. The molecule has 0 aliphatic carbocycles. The van der Waals surface area contributed by atoms with E-state index in [-0.39, 0.29) is 5.41 Å². The van der Waals surface area contributed by atoms with Gasteiger partial charge in [0.15, 0.2) is 0 Å². The van der Waals surface area contributed by atoms with Crippen LogP contribution in [-0.2, 0) is 0 Å². The molecule has 0 heterocycles. The number of aliphatic hydroxyl groups excluding tert-OH is 4. The second-order valence-electron chi connectivity index (χ2n) is 4.57. The fourth-order valence-electron chi connectivity index (χ4n) is 1.11. The van der Waals surface area contributed by atoms with Crippen molar-refractivity contribution in [3.05, 3.63) is 0 Å². The zero-order chi connectivity index (χ0) is 10.6. The summed E-state index contributed by atoms with van der Waals surface area (Å²) in [5, 5.41) is 36.3. The molecule has 0 aliphatic rings. The van der Waals surface area contributed by atoms with Crippen molar-refractivity contribution in [3.63, 3.8) is 0 Å². The average Bonchev–Trinajstić information content (AvgIpc) is 1.98. The van der Waals surface area contributed by atoms with Crippen LogP contribution in [0.25, 0.3) is 0 Å². The van der Waals surface area contributed by atoms with Crippen LogP contribution in [0.5, 0.6) is 0 Å². The lowest BCUT2D eigenvalue weighted by atomic mass is 9.86. The Morgan fingerprint density at radius 1 is 1.00 bits per heavy atom. The van der Waals surface area contributed by atoms with Gasteiger partial charge in [-0.15, -0.1) is 0 Å². The van der Waals surface area contributed by atoms with Gasteiger partial charge in [0, 0.05) is 0 Å². The SMILES string of the molecule is CC(C)(C)C[C@@H](O)[C@H](O)[C@H](O)CO. The van der Waals surface area contributed by atoms with Crippen LogP contribution < -0.4 is 0 Å². The first-order chi connectivity index (χ1) is 5.78. The largest absolute Gasteiger partial charge is 0.394 e. The smallest absolute Gasteiger partial charge is 0.108 e. The van der Waals surface area contributed by atoms with Crippen molar-refractivity contribution in [2.24, 2.45) is 5.41 Å². The van der Waals surface area contributed by atoms with Crippen LogP contribution in [0.2, 0.25) is 0 Å². The molecule has 0 aliphatic heterocycles. The van der Waals surface area contributed by atoms with Gasteiger partial charge in [-0.3, -0.25) is 0 Å². The number of hydrogen-bond acceptors (Lipinski definition) is 4. The van der Waals surface area contributed by atoms with E-state index < -0.39 is 24.9 Å². The molecule has 0 aromatic heterocycles. The summed E-state index contributed by atoms with van der Waals surface area (Å²) in [6.45, 7) is 5.24. The lowest BCUT2D eigenvalue weighted by molar-refractivity contribution is -0.0860. The summed E-state index contributed by atoms with van der Waals surface area (Å²) < 4.78 is 0. The fraction of sp³-hybridized carbons (Fsp3) is 1.00. The molecule has 13 heavy (non-hydrogen) atoms. The van der Waals surface area contributed by atoms with Crippen LogP contribution in [0.15, 0.2) is 0 Å². The molecule has 3 atom stereocenters. The Labute approximate surface area is 78.8 Å². The molecular weight excluding hydrogens is 172 g/mol. The lowest BCUT2D eigenvalue weighted by Crippen LogP contribution is -2.41. The molecule has 0 fully saturated rings. The Bertz CT molecular complexity index is 141. The van der Waals surface area contributed by atoms with Gasteiger partial charge in [0.2, 0.25) is 0 Å². The lowest BCUT2D eigenvalue weighted by Gasteiger charge is -2.27. The van der Waals surface area contributed by atoms with Crippen molar-refractivity contribution in [1.29, 1.82) is 0 Å². The standard InChI is InChI=1S/C9H20O4/c1-9(2,3)4-6(11)8(13)7(12)5-10/h6-8,10-13H,4-5H2,1-3H3/t6-,7-,8+/m1/s1. The van der Waals surface area contributed by atoms with E-state index in [4.69, 9.17) is 10.2 Å². The first kappa shape index (κ1) is 12.8. The van der Waals surface area contributed by atoms with Gasteiger partial charge in [-0.25, -0.2) is 0 Å². The Kier molecular flexibility index (Phi) is 4.85. The molecule has 4 heteroatoms. The van der Waals surface area contributed by atoms with Crippen molar-refractivity contribution in [2.75, 3.05) is 6.61 Å². The summed E-state index contributed by atoms with van der Waals surface area (Å²) in [4.78, 5) is 0. The van der Waals surface area contributed by atoms with Crippen molar-refractivity contribution < 1.29 is 20.4 Å². The van der Waals surface area contributed by atoms with Gasteiger partial charge in [0.25, 0.3) is 0 Å². The molecule has 0 unspecified atom stereocenters. The predicted octanol–water partition coefficient (Wildman–Crippen LogP) is -0.502. The van der Waals surface area contributed by atoms with Crippen molar-refractivity contribution in [3.8, 4) is 0 Å². The van der Waals surface area contributed by atoms with Crippen LogP contribution in [-0.4, -0.2) is 45.3 Å². The number of rotatable bonds is 4. The third-order valence-corrected chi connectivity index (χ3v) is 1.80. The molecular formula is C9H20O4. The zero-order valence-corrected chi connectivity index (χ0v) is 8.44. The number of aliphatic hydroxyl groups is 4. The average molecular weight is 192 g/mol. The fourth-order valence-corrected chi connectivity index (χ4v) is 1.11. The zero-order valence-electron chi connectivity index (χ0n) is 8.44. The first-order valence-electron chi connectivity index (χ1n) is 4.43. The van der Waals surface area contributed by atoms with Crippen LogP contribution in [0.4, 0.5) is 0 Å². The van der Waals surface area contributed by atoms with Gasteiger partial charge in [-0.2, -0.15) is 0 Å². The van der Waals surface area contributed by atoms with E-state index in [1.54, 1.807) is 0 Å². The number of hydrogen-bond donors (Lipinski definition) is 4. The normalized spacial score (nSPS) is 19.6. The molecule has 4 N–H and O–H groups in total. The highest BCUT2D eigenvalue weighted by Gasteiger charge is 2.27. The van der Waals surface area contributed by atoms with E-state index >= 15 is 0 Å². The summed E-state index contributed by atoms with van der Waals surface area (Å²) in [7, 11) is 0. The molecule has 0 amide bonds. The predicted molar refractivity (Wildman–Crippen MR) is 49.2 cm³/mol. The summed E-state index contributed by atoms with van der Waals surface area (Å²) in [5.74, 6) is 0. The van der Waals surface area contributed by atoms with Gasteiger partial charge in [-0.1, -0.05) is 20.8 Å². The monoisotopic (exact) mass is 192 g/mol. The second-order valence-corrected chi connectivity index (χ2v) is 4.57. The first-order valence-corrected chi connectivity index (χ1v) is 4.43. The van der Waals surface area contributed by atoms with Gasteiger partial charge in [0.1, 0.15) is 12.2 Å².